The molecule has 100 valence electrons. The maximum atomic E-state index is 10.8. The predicted molar refractivity (Wildman–Crippen MR) is 70.2 cm³/mol. The molecule has 1 saturated carbocycles. The van der Waals surface area contributed by atoms with Crippen molar-refractivity contribution in [3.63, 3.8) is 0 Å². The van der Waals surface area contributed by atoms with Gasteiger partial charge in [0.05, 0.1) is 6.54 Å². The molecule has 0 heterocycles. The fourth-order valence-corrected chi connectivity index (χ4v) is 2.42. The number of rotatable bonds is 10. The molecule has 0 aromatic heterocycles. The zero-order valence-electron chi connectivity index (χ0n) is 11.3. The number of carbonyl (C=O) groups is 1. The minimum absolute atomic E-state index is 0.223. The van der Waals surface area contributed by atoms with Crippen LogP contribution in [0.15, 0.2) is 0 Å². The van der Waals surface area contributed by atoms with Crippen molar-refractivity contribution in [1.29, 1.82) is 0 Å². The molecule has 0 aromatic carbocycles. The molecule has 1 aliphatic carbocycles. The van der Waals surface area contributed by atoms with E-state index in [2.05, 4.69) is 18.7 Å². The third-order valence-electron chi connectivity index (χ3n) is 3.63. The second kappa shape index (κ2) is 7.70. The van der Waals surface area contributed by atoms with E-state index in [0.717, 1.165) is 6.42 Å². The molecular weight excluding hydrogens is 214 g/mol. The van der Waals surface area contributed by atoms with Gasteiger partial charge in [-0.25, -0.2) is 0 Å². The van der Waals surface area contributed by atoms with E-state index in [1.165, 1.54) is 44.9 Å². The number of aliphatic carboxylic acids is 1. The number of hydrogen-bond acceptors (Lipinski definition) is 2. The third kappa shape index (κ3) is 6.06. The molecule has 3 heteroatoms. The Labute approximate surface area is 105 Å². The van der Waals surface area contributed by atoms with Crippen LogP contribution in [0.5, 0.6) is 0 Å². The molecule has 0 spiro atoms. The first-order valence-corrected chi connectivity index (χ1v) is 7.12. The predicted octanol–water partition coefficient (Wildman–Crippen LogP) is 3.28. The highest BCUT2D eigenvalue weighted by Crippen LogP contribution is 2.29. The highest BCUT2D eigenvalue weighted by molar-refractivity contribution is 5.69. The van der Waals surface area contributed by atoms with Gasteiger partial charge < -0.3 is 5.11 Å². The van der Waals surface area contributed by atoms with Crippen LogP contribution in [-0.2, 0) is 4.79 Å². The number of nitrogens with zero attached hydrogens (tertiary/aromatic N) is 1. The fourth-order valence-electron chi connectivity index (χ4n) is 2.42. The van der Waals surface area contributed by atoms with Gasteiger partial charge in [0.25, 0.3) is 0 Å². The Morgan fingerprint density at radius 2 is 1.94 bits per heavy atom. The van der Waals surface area contributed by atoms with E-state index in [1.807, 2.05) is 0 Å². The van der Waals surface area contributed by atoms with Crippen molar-refractivity contribution in [2.75, 3.05) is 6.54 Å². The number of carboxylic acid groups (broad SMARTS) is 1. The second-order valence-corrected chi connectivity index (χ2v) is 5.35. The Kier molecular flexibility index (Phi) is 6.56. The van der Waals surface area contributed by atoms with Gasteiger partial charge >= 0.3 is 5.97 Å². The van der Waals surface area contributed by atoms with Crippen molar-refractivity contribution in [3.05, 3.63) is 0 Å². The summed E-state index contributed by atoms with van der Waals surface area (Å²) in [6.07, 6.45) is 9.99. The summed E-state index contributed by atoms with van der Waals surface area (Å²) in [4.78, 5) is 13.0. The molecule has 0 saturated heterocycles. The van der Waals surface area contributed by atoms with Crippen LogP contribution in [0.2, 0.25) is 0 Å². The maximum Gasteiger partial charge on any atom is 0.317 e. The molecular formula is C14H27NO2. The van der Waals surface area contributed by atoms with Crippen LogP contribution < -0.4 is 0 Å². The molecule has 1 fully saturated rings. The van der Waals surface area contributed by atoms with Gasteiger partial charge in [-0.15, -0.1) is 0 Å². The van der Waals surface area contributed by atoms with Crippen molar-refractivity contribution in [3.8, 4) is 0 Å². The van der Waals surface area contributed by atoms with Gasteiger partial charge in [-0.1, -0.05) is 39.0 Å². The van der Waals surface area contributed by atoms with Crippen LogP contribution in [-0.4, -0.2) is 34.6 Å². The van der Waals surface area contributed by atoms with Crippen molar-refractivity contribution in [1.82, 2.24) is 4.90 Å². The van der Waals surface area contributed by atoms with Crippen LogP contribution in [0.1, 0.15) is 65.2 Å². The molecule has 3 nitrogen and oxygen atoms in total. The van der Waals surface area contributed by atoms with E-state index in [0.29, 0.717) is 12.1 Å². The molecule has 1 rings (SSSR count). The smallest absolute Gasteiger partial charge is 0.317 e. The Bertz CT molecular complexity index is 226. The van der Waals surface area contributed by atoms with E-state index >= 15 is 0 Å². The largest absolute Gasteiger partial charge is 0.480 e. The van der Waals surface area contributed by atoms with Gasteiger partial charge in [0.2, 0.25) is 0 Å². The standard InChI is InChI=1S/C14H27NO2/c1-3-4-5-6-7-8-12(2)15(11-14(16)17)13-9-10-13/h12-13H,3-11H2,1-2H3,(H,16,17). The zero-order valence-corrected chi connectivity index (χ0v) is 11.3. The Hall–Kier alpha value is -0.570. The van der Waals surface area contributed by atoms with Crippen LogP contribution in [0.4, 0.5) is 0 Å². The lowest BCUT2D eigenvalue weighted by molar-refractivity contribution is -0.139. The van der Waals surface area contributed by atoms with Gasteiger partial charge in [0.15, 0.2) is 0 Å². The van der Waals surface area contributed by atoms with Crippen LogP contribution in [0.3, 0.4) is 0 Å². The first kappa shape index (κ1) is 14.5. The van der Waals surface area contributed by atoms with E-state index in [1.54, 1.807) is 0 Å². The van der Waals surface area contributed by atoms with Gasteiger partial charge in [-0.3, -0.25) is 9.69 Å². The lowest BCUT2D eigenvalue weighted by atomic mass is 10.1. The van der Waals surface area contributed by atoms with Crippen LogP contribution >= 0.6 is 0 Å². The van der Waals surface area contributed by atoms with Gasteiger partial charge in [0, 0.05) is 12.1 Å². The van der Waals surface area contributed by atoms with Crippen molar-refractivity contribution in [2.24, 2.45) is 0 Å². The minimum atomic E-state index is -0.685. The molecule has 0 amide bonds. The quantitative estimate of drug-likeness (QED) is 0.597. The van der Waals surface area contributed by atoms with E-state index in [-0.39, 0.29) is 6.54 Å². The summed E-state index contributed by atoms with van der Waals surface area (Å²) in [5, 5.41) is 8.91. The third-order valence-corrected chi connectivity index (χ3v) is 3.63. The van der Waals surface area contributed by atoms with Crippen LogP contribution in [0, 0.1) is 0 Å². The number of unbranched alkanes of at least 4 members (excludes halogenated alkanes) is 4. The summed E-state index contributed by atoms with van der Waals surface area (Å²) >= 11 is 0. The molecule has 1 aliphatic rings. The zero-order chi connectivity index (χ0) is 12.7. The number of carboxylic acids is 1. The Morgan fingerprint density at radius 3 is 2.47 bits per heavy atom. The molecule has 1 N–H and O–H groups in total. The van der Waals surface area contributed by atoms with Crippen molar-refractivity contribution >= 4 is 5.97 Å². The molecule has 0 aromatic rings. The number of hydrogen-bond donors (Lipinski definition) is 1. The normalized spacial score (nSPS) is 17.4. The van der Waals surface area contributed by atoms with Gasteiger partial charge in [-0.2, -0.15) is 0 Å². The SMILES string of the molecule is CCCCCCCC(C)N(CC(=O)O)C1CC1. The van der Waals surface area contributed by atoms with Crippen molar-refractivity contribution in [2.45, 2.75) is 77.3 Å². The second-order valence-electron chi connectivity index (χ2n) is 5.35. The summed E-state index contributed by atoms with van der Waals surface area (Å²) in [6, 6.07) is 0.983. The topological polar surface area (TPSA) is 40.5 Å². The summed E-state index contributed by atoms with van der Waals surface area (Å²) < 4.78 is 0. The minimum Gasteiger partial charge on any atom is -0.480 e. The average molecular weight is 241 g/mol. The molecule has 17 heavy (non-hydrogen) atoms. The summed E-state index contributed by atoms with van der Waals surface area (Å²) in [6.45, 7) is 4.63. The van der Waals surface area contributed by atoms with E-state index in [4.69, 9.17) is 5.11 Å². The molecule has 0 radical (unpaired) electrons. The lowest BCUT2D eigenvalue weighted by Gasteiger charge is -2.27. The first-order chi connectivity index (χ1) is 8.15. The van der Waals surface area contributed by atoms with E-state index in [9.17, 15) is 4.79 Å². The summed E-state index contributed by atoms with van der Waals surface area (Å²) in [5.74, 6) is -0.685. The van der Waals surface area contributed by atoms with Crippen LogP contribution in [0.25, 0.3) is 0 Å². The molecule has 0 bridgehead atoms. The molecule has 1 unspecified atom stereocenters. The molecule has 1 atom stereocenters. The highest BCUT2D eigenvalue weighted by Gasteiger charge is 2.32. The first-order valence-electron chi connectivity index (χ1n) is 7.12. The van der Waals surface area contributed by atoms with Crippen molar-refractivity contribution < 1.29 is 9.90 Å². The van der Waals surface area contributed by atoms with E-state index < -0.39 is 5.97 Å². The average Bonchev–Trinajstić information content (AvgIpc) is 3.09. The van der Waals surface area contributed by atoms with Gasteiger partial charge in [-0.05, 0) is 26.2 Å². The lowest BCUT2D eigenvalue weighted by Crippen LogP contribution is -2.39. The fraction of sp³-hybridized carbons (Fsp3) is 0.929. The summed E-state index contributed by atoms with van der Waals surface area (Å²) in [5.41, 5.74) is 0. The molecule has 0 aliphatic heterocycles. The summed E-state index contributed by atoms with van der Waals surface area (Å²) in [7, 11) is 0. The highest BCUT2D eigenvalue weighted by atomic mass is 16.4. The maximum absolute atomic E-state index is 10.8. The monoisotopic (exact) mass is 241 g/mol. The Morgan fingerprint density at radius 1 is 1.29 bits per heavy atom. The van der Waals surface area contributed by atoms with Gasteiger partial charge in [0.1, 0.15) is 0 Å². The Balaban J connectivity index is 2.18.